The Morgan fingerprint density at radius 2 is 1.67 bits per heavy atom. The number of hydrogen-bond donors (Lipinski definition) is 1. The van der Waals surface area contributed by atoms with E-state index in [0.29, 0.717) is 23.3 Å². The van der Waals surface area contributed by atoms with E-state index in [1.807, 2.05) is 11.8 Å². The van der Waals surface area contributed by atoms with Crippen LogP contribution in [0, 0.1) is 17.5 Å². The van der Waals surface area contributed by atoms with Crippen molar-refractivity contribution in [1.29, 1.82) is 0 Å². The van der Waals surface area contributed by atoms with E-state index in [1.165, 1.54) is 6.07 Å². The Hall–Kier alpha value is -0.680. The van der Waals surface area contributed by atoms with Gasteiger partial charge in [0.25, 0.3) is 0 Å². The van der Waals surface area contributed by atoms with Crippen molar-refractivity contribution in [3.8, 4) is 0 Å². The molecule has 2 heterocycles. The van der Waals surface area contributed by atoms with Crippen LogP contribution in [0.15, 0.2) is 12.1 Å². The van der Waals surface area contributed by atoms with Crippen molar-refractivity contribution in [2.24, 2.45) is 0 Å². The zero-order valence-electron chi connectivity index (χ0n) is 9.63. The summed E-state index contributed by atoms with van der Waals surface area (Å²) in [5, 5.41) is 11.2. The second-order valence-electron chi connectivity index (χ2n) is 5.12. The third kappa shape index (κ3) is 1.84. The molecule has 0 amide bonds. The van der Waals surface area contributed by atoms with Crippen molar-refractivity contribution in [1.82, 2.24) is 0 Å². The smallest absolute Gasteiger partial charge is 0.194 e. The highest BCUT2D eigenvalue weighted by Gasteiger charge is 2.46. The molecule has 0 saturated carbocycles. The molecule has 1 N–H and O–H groups in total. The van der Waals surface area contributed by atoms with E-state index >= 15 is 0 Å². The molecule has 2 bridgehead atoms. The van der Waals surface area contributed by atoms with Crippen LogP contribution in [0.4, 0.5) is 13.2 Å². The Balaban J connectivity index is 2.01. The maximum absolute atomic E-state index is 13.8. The fourth-order valence-corrected chi connectivity index (χ4v) is 4.85. The van der Waals surface area contributed by atoms with Crippen molar-refractivity contribution in [2.75, 3.05) is 0 Å². The van der Waals surface area contributed by atoms with Gasteiger partial charge in [-0.3, -0.25) is 0 Å². The molecular formula is C13H13F3OS. The molecule has 1 nitrogen and oxygen atoms in total. The van der Waals surface area contributed by atoms with Gasteiger partial charge in [0.1, 0.15) is 0 Å². The van der Waals surface area contributed by atoms with Crippen molar-refractivity contribution in [2.45, 2.75) is 41.8 Å². The highest BCUT2D eigenvalue weighted by atomic mass is 32.2. The zero-order valence-corrected chi connectivity index (χ0v) is 10.4. The fraction of sp³-hybridized carbons (Fsp3) is 0.538. The lowest BCUT2D eigenvalue weighted by Gasteiger charge is -2.36. The first-order valence-corrected chi connectivity index (χ1v) is 6.96. The fourth-order valence-electron chi connectivity index (χ4n) is 3.02. The summed E-state index contributed by atoms with van der Waals surface area (Å²) in [6, 6.07) is 2.05. The van der Waals surface area contributed by atoms with Gasteiger partial charge in [-0.25, -0.2) is 13.2 Å². The number of fused-ring (bicyclic) bond motifs is 2. The van der Waals surface area contributed by atoms with Crippen LogP contribution in [0.2, 0.25) is 0 Å². The topological polar surface area (TPSA) is 20.2 Å². The molecule has 2 unspecified atom stereocenters. The molecule has 0 aliphatic carbocycles. The number of benzene rings is 1. The predicted octanol–water partition coefficient (Wildman–Crippen LogP) is 3.35. The molecule has 2 aliphatic heterocycles. The Bertz CT molecular complexity index is 479. The van der Waals surface area contributed by atoms with Crippen LogP contribution in [0.5, 0.6) is 0 Å². The monoisotopic (exact) mass is 274 g/mol. The summed E-state index contributed by atoms with van der Waals surface area (Å²) in [4.78, 5) is 0. The van der Waals surface area contributed by atoms with Gasteiger partial charge in [0, 0.05) is 16.1 Å². The highest BCUT2D eigenvalue weighted by Crippen LogP contribution is 2.51. The van der Waals surface area contributed by atoms with Crippen LogP contribution < -0.4 is 0 Å². The molecule has 2 fully saturated rings. The molecule has 1 aromatic carbocycles. The predicted molar refractivity (Wildman–Crippen MR) is 63.8 cm³/mol. The van der Waals surface area contributed by atoms with E-state index in [9.17, 15) is 18.3 Å². The minimum atomic E-state index is -1.49. The van der Waals surface area contributed by atoms with Gasteiger partial charge in [-0.2, -0.15) is 11.8 Å². The van der Waals surface area contributed by atoms with Gasteiger partial charge in [-0.1, -0.05) is 6.07 Å². The minimum Gasteiger partial charge on any atom is -0.385 e. The van der Waals surface area contributed by atoms with E-state index in [1.54, 1.807) is 0 Å². The van der Waals surface area contributed by atoms with E-state index in [4.69, 9.17) is 0 Å². The van der Waals surface area contributed by atoms with Gasteiger partial charge in [0.2, 0.25) is 0 Å². The van der Waals surface area contributed by atoms with Crippen molar-refractivity contribution in [3.63, 3.8) is 0 Å². The molecule has 3 rings (SSSR count). The summed E-state index contributed by atoms with van der Waals surface area (Å²) in [6.07, 6.45) is 2.83. The third-order valence-electron chi connectivity index (χ3n) is 3.86. The third-order valence-corrected chi connectivity index (χ3v) is 5.44. The summed E-state index contributed by atoms with van der Waals surface area (Å²) in [7, 11) is 0. The summed E-state index contributed by atoms with van der Waals surface area (Å²) in [6.45, 7) is 0. The van der Waals surface area contributed by atoms with Crippen molar-refractivity contribution >= 4 is 11.8 Å². The van der Waals surface area contributed by atoms with Crippen molar-refractivity contribution in [3.05, 3.63) is 35.1 Å². The van der Waals surface area contributed by atoms with Crippen LogP contribution >= 0.6 is 11.8 Å². The first-order chi connectivity index (χ1) is 8.49. The van der Waals surface area contributed by atoms with Gasteiger partial charge in [-0.05, 0) is 31.7 Å². The van der Waals surface area contributed by atoms with E-state index < -0.39 is 23.1 Å². The zero-order chi connectivity index (χ0) is 12.9. The van der Waals surface area contributed by atoms with Crippen molar-refractivity contribution < 1.29 is 18.3 Å². The molecule has 18 heavy (non-hydrogen) atoms. The van der Waals surface area contributed by atoms with Gasteiger partial charge in [0.15, 0.2) is 17.5 Å². The minimum absolute atomic E-state index is 0.0985. The molecule has 0 spiro atoms. The summed E-state index contributed by atoms with van der Waals surface area (Å²) < 4.78 is 40.0. The molecule has 2 aliphatic rings. The Labute approximate surface area is 107 Å². The number of aliphatic hydroxyl groups is 1. The SMILES string of the molecule is OC1(c2ccc(F)c(F)c2F)CC2CCC(C1)S2. The molecule has 98 valence electrons. The van der Waals surface area contributed by atoms with Gasteiger partial charge < -0.3 is 5.11 Å². The normalized spacial score (nSPS) is 34.9. The molecule has 0 aromatic heterocycles. The van der Waals surface area contributed by atoms with E-state index in [-0.39, 0.29) is 5.56 Å². The first-order valence-electron chi connectivity index (χ1n) is 6.01. The Morgan fingerprint density at radius 1 is 1.06 bits per heavy atom. The molecule has 2 atom stereocenters. The number of thioether (sulfide) groups is 1. The largest absolute Gasteiger partial charge is 0.385 e. The van der Waals surface area contributed by atoms with Crippen LogP contribution in [0.25, 0.3) is 0 Å². The van der Waals surface area contributed by atoms with Gasteiger partial charge >= 0.3 is 0 Å². The van der Waals surface area contributed by atoms with Crippen LogP contribution in [-0.2, 0) is 5.60 Å². The second-order valence-corrected chi connectivity index (χ2v) is 6.73. The van der Waals surface area contributed by atoms with Crippen LogP contribution in [0.3, 0.4) is 0 Å². The lowest BCUT2D eigenvalue weighted by molar-refractivity contribution is 0.0154. The Kier molecular flexibility index (Phi) is 2.86. The van der Waals surface area contributed by atoms with Crippen LogP contribution in [0.1, 0.15) is 31.2 Å². The highest BCUT2D eigenvalue weighted by molar-refractivity contribution is 8.00. The lowest BCUT2D eigenvalue weighted by Crippen LogP contribution is -2.35. The van der Waals surface area contributed by atoms with Gasteiger partial charge in [0.05, 0.1) is 5.60 Å². The average Bonchev–Trinajstić information content (AvgIpc) is 2.66. The summed E-state index contributed by atoms with van der Waals surface area (Å²) >= 11 is 1.81. The number of hydrogen-bond acceptors (Lipinski definition) is 2. The number of halogens is 3. The maximum Gasteiger partial charge on any atom is 0.194 e. The standard InChI is InChI=1S/C13H13F3OS/c14-10-4-3-9(11(15)12(10)16)13(17)5-7-1-2-8(6-13)18-7/h3-4,7-8,17H,1-2,5-6H2. The van der Waals surface area contributed by atoms with Gasteiger partial charge in [-0.15, -0.1) is 0 Å². The summed E-state index contributed by atoms with van der Waals surface area (Å²) in [5.41, 5.74) is -1.45. The lowest BCUT2D eigenvalue weighted by atomic mass is 9.85. The first kappa shape index (κ1) is 12.4. The van der Waals surface area contributed by atoms with Crippen LogP contribution in [-0.4, -0.2) is 15.6 Å². The average molecular weight is 274 g/mol. The molecule has 2 saturated heterocycles. The Morgan fingerprint density at radius 3 is 2.28 bits per heavy atom. The van der Waals surface area contributed by atoms with E-state index in [0.717, 1.165) is 18.9 Å². The second kappa shape index (κ2) is 4.17. The quantitative estimate of drug-likeness (QED) is 0.792. The molecular weight excluding hydrogens is 261 g/mol. The maximum atomic E-state index is 13.8. The number of rotatable bonds is 1. The summed E-state index contributed by atoms with van der Waals surface area (Å²) in [5.74, 6) is -3.96. The molecule has 0 radical (unpaired) electrons. The molecule has 1 aromatic rings. The van der Waals surface area contributed by atoms with E-state index in [2.05, 4.69) is 0 Å². The molecule has 5 heteroatoms.